The fraction of sp³-hybridized carbons (Fsp3) is 0.500. The number of piperidine rings is 1. The zero-order valence-electron chi connectivity index (χ0n) is 11.0. The molecule has 1 aromatic rings. The summed E-state index contributed by atoms with van der Waals surface area (Å²) in [5.74, 6) is -0.762. The van der Waals surface area contributed by atoms with Gasteiger partial charge in [0, 0.05) is 11.6 Å². The van der Waals surface area contributed by atoms with Crippen molar-refractivity contribution in [1.82, 2.24) is 5.32 Å². The molecule has 0 radical (unpaired) electrons. The average molecular weight is 265 g/mol. The predicted octanol–water partition coefficient (Wildman–Crippen LogP) is 1.78. The number of rotatable bonds is 4. The van der Waals surface area contributed by atoms with E-state index in [2.05, 4.69) is 5.32 Å². The van der Waals surface area contributed by atoms with Crippen LogP contribution in [0, 0.1) is 0 Å². The minimum Gasteiger partial charge on any atom is -0.504 e. The van der Waals surface area contributed by atoms with Crippen LogP contribution < -0.4 is 10.1 Å². The molecule has 0 spiro atoms. The van der Waals surface area contributed by atoms with E-state index in [1.54, 1.807) is 0 Å². The van der Waals surface area contributed by atoms with Gasteiger partial charge in [0.25, 0.3) is 0 Å². The molecule has 1 atom stereocenters. The number of hydrogen-bond acceptors (Lipinski definition) is 4. The number of hydrogen-bond donors (Lipinski definition) is 3. The monoisotopic (exact) mass is 265 g/mol. The Kier molecular flexibility index (Phi) is 4.27. The second-order valence-corrected chi connectivity index (χ2v) is 4.84. The Bertz CT molecular complexity index is 467. The first kappa shape index (κ1) is 13.7. The molecule has 1 heterocycles. The fourth-order valence-electron chi connectivity index (χ4n) is 2.46. The fourth-order valence-corrected chi connectivity index (χ4v) is 2.46. The van der Waals surface area contributed by atoms with Crippen LogP contribution in [-0.2, 0) is 6.42 Å². The molecule has 1 saturated heterocycles. The highest BCUT2D eigenvalue weighted by atomic mass is 16.5. The van der Waals surface area contributed by atoms with Gasteiger partial charge < -0.3 is 20.3 Å². The molecule has 3 N–H and O–H groups in total. The third kappa shape index (κ3) is 3.17. The van der Waals surface area contributed by atoms with Crippen molar-refractivity contribution >= 4 is 5.97 Å². The normalized spacial score (nSPS) is 19.1. The third-order valence-corrected chi connectivity index (χ3v) is 3.50. The Morgan fingerprint density at radius 1 is 1.47 bits per heavy atom. The predicted molar refractivity (Wildman–Crippen MR) is 71.0 cm³/mol. The van der Waals surface area contributed by atoms with E-state index in [1.165, 1.54) is 25.7 Å². The van der Waals surface area contributed by atoms with Gasteiger partial charge in [-0.15, -0.1) is 0 Å². The first-order valence-electron chi connectivity index (χ1n) is 6.48. The summed E-state index contributed by atoms with van der Waals surface area (Å²) in [7, 11) is 1.42. The number of benzene rings is 1. The quantitative estimate of drug-likeness (QED) is 0.773. The largest absolute Gasteiger partial charge is 0.504 e. The van der Waals surface area contributed by atoms with Crippen LogP contribution in [0.15, 0.2) is 12.1 Å². The number of nitrogens with one attached hydrogen (secondary N) is 1. The van der Waals surface area contributed by atoms with E-state index >= 15 is 0 Å². The van der Waals surface area contributed by atoms with Crippen molar-refractivity contribution in [1.29, 1.82) is 0 Å². The van der Waals surface area contributed by atoms with E-state index in [9.17, 15) is 9.90 Å². The molecule has 1 aliphatic heterocycles. The van der Waals surface area contributed by atoms with E-state index in [0.29, 0.717) is 12.0 Å². The van der Waals surface area contributed by atoms with Gasteiger partial charge in [-0.05, 0) is 37.9 Å². The molecule has 1 aliphatic rings. The standard InChI is InChI=1S/C14H19NO4/c1-19-12-8-10(14(17)18)6-9(13(12)16)7-11-4-2-3-5-15-11/h6,8,11,15-16H,2-5,7H2,1H3,(H,17,18). The van der Waals surface area contributed by atoms with Crippen LogP contribution >= 0.6 is 0 Å². The summed E-state index contributed by atoms with van der Waals surface area (Å²) in [6, 6.07) is 3.15. The zero-order chi connectivity index (χ0) is 13.8. The number of ether oxygens (including phenoxy) is 1. The Morgan fingerprint density at radius 3 is 2.84 bits per heavy atom. The highest BCUT2D eigenvalue weighted by molar-refractivity contribution is 5.89. The van der Waals surface area contributed by atoms with Crippen LogP contribution in [0.1, 0.15) is 35.2 Å². The van der Waals surface area contributed by atoms with Crippen molar-refractivity contribution in [2.45, 2.75) is 31.7 Å². The second kappa shape index (κ2) is 5.93. The first-order chi connectivity index (χ1) is 9.11. The number of methoxy groups -OCH3 is 1. The molecule has 1 aromatic carbocycles. The lowest BCUT2D eigenvalue weighted by Crippen LogP contribution is -2.35. The van der Waals surface area contributed by atoms with Crippen molar-refractivity contribution in [3.8, 4) is 11.5 Å². The van der Waals surface area contributed by atoms with Crippen molar-refractivity contribution < 1.29 is 19.7 Å². The number of aromatic hydroxyl groups is 1. The van der Waals surface area contributed by atoms with Crippen LogP contribution in [-0.4, -0.2) is 35.9 Å². The second-order valence-electron chi connectivity index (χ2n) is 4.84. The van der Waals surface area contributed by atoms with Gasteiger partial charge in [0.15, 0.2) is 11.5 Å². The molecule has 2 rings (SSSR count). The summed E-state index contributed by atoms with van der Waals surface area (Å²) >= 11 is 0. The van der Waals surface area contributed by atoms with Gasteiger partial charge in [-0.25, -0.2) is 4.79 Å². The maximum absolute atomic E-state index is 11.1. The number of carboxylic acid groups (broad SMARTS) is 1. The van der Waals surface area contributed by atoms with E-state index in [-0.39, 0.29) is 23.1 Å². The molecule has 0 saturated carbocycles. The summed E-state index contributed by atoms with van der Waals surface area (Å²) in [5, 5.41) is 22.5. The van der Waals surface area contributed by atoms with Crippen molar-refractivity contribution in [2.75, 3.05) is 13.7 Å². The number of aromatic carboxylic acids is 1. The van der Waals surface area contributed by atoms with Crippen molar-refractivity contribution in [2.24, 2.45) is 0 Å². The van der Waals surface area contributed by atoms with Gasteiger partial charge in [0.1, 0.15) is 0 Å². The van der Waals surface area contributed by atoms with Crippen LogP contribution in [0.4, 0.5) is 0 Å². The van der Waals surface area contributed by atoms with Crippen LogP contribution in [0.2, 0.25) is 0 Å². The van der Waals surface area contributed by atoms with Gasteiger partial charge in [-0.1, -0.05) is 6.42 Å². The number of carboxylic acids is 1. The van der Waals surface area contributed by atoms with Crippen LogP contribution in [0.3, 0.4) is 0 Å². The van der Waals surface area contributed by atoms with E-state index in [4.69, 9.17) is 9.84 Å². The molecule has 0 amide bonds. The maximum atomic E-state index is 11.1. The number of phenols is 1. The molecule has 1 unspecified atom stereocenters. The maximum Gasteiger partial charge on any atom is 0.335 e. The highest BCUT2D eigenvalue weighted by Gasteiger charge is 2.19. The number of carbonyl (C=O) groups is 1. The zero-order valence-corrected chi connectivity index (χ0v) is 11.0. The summed E-state index contributed by atoms with van der Waals surface area (Å²) in [6.07, 6.45) is 3.98. The molecular weight excluding hydrogens is 246 g/mol. The SMILES string of the molecule is COc1cc(C(=O)O)cc(CC2CCCCN2)c1O. The summed E-state index contributed by atoms with van der Waals surface area (Å²) in [4.78, 5) is 11.1. The van der Waals surface area contributed by atoms with Crippen molar-refractivity contribution in [3.63, 3.8) is 0 Å². The summed E-state index contributed by atoms with van der Waals surface area (Å²) < 4.78 is 5.03. The third-order valence-electron chi connectivity index (χ3n) is 3.50. The van der Waals surface area contributed by atoms with E-state index in [0.717, 1.165) is 19.4 Å². The van der Waals surface area contributed by atoms with Gasteiger partial charge in [0.2, 0.25) is 0 Å². The Hall–Kier alpha value is -1.75. The van der Waals surface area contributed by atoms with E-state index < -0.39 is 5.97 Å². The molecule has 5 nitrogen and oxygen atoms in total. The lowest BCUT2D eigenvalue weighted by molar-refractivity contribution is 0.0696. The molecule has 104 valence electrons. The molecular formula is C14H19NO4. The molecule has 5 heteroatoms. The van der Waals surface area contributed by atoms with Gasteiger partial charge in [-0.3, -0.25) is 0 Å². The van der Waals surface area contributed by atoms with Crippen LogP contribution in [0.5, 0.6) is 11.5 Å². The minimum atomic E-state index is -1.02. The van der Waals surface area contributed by atoms with Gasteiger partial charge >= 0.3 is 5.97 Å². The molecule has 0 aliphatic carbocycles. The lowest BCUT2D eigenvalue weighted by atomic mass is 9.96. The average Bonchev–Trinajstić information content (AvgIpc) is 2.42. The molecule has 0 aromatic heterocycles. The molecule has 0 bridgehead atoms. The molecule has 1 fully saturated rings. The van der Waals surface area contributed by atoms with Gasteiger partial charge in [0.05, 0.1) is 12.7 Å². The summed E-state index contributed by atoms with van der Waals surface area (Å²) in [5.41, 5.74) is 0.761. The first-order valence-corrected chi connectivity index (χ1v) is 6.48. The van der Waals surface area contributed by atoms with Gasteiger partial charge in [-0.2, -0.15) is 0 Å². The van der Waals surface area contributed by atoms with Crippen molar-refractivity contribution in [3.05, 3.63) is 23.3 Å². The molecule has 19 heavy (non-hydrogen) atoms. The smallest absolute Gasteiger partial charge is 0.335 e. The Balaban J connectivity index is 2.26. The van der Waals surface area contributed by atoms with Crippen LogP contribution in [0.25, 0.3) is 0 Å². The lowest BCUT2D eigenvalue weighted by Gasteiger charge is -2.24. The van der Waals surface area contributed by atoms with E-state index in [1.807, 2.05) is 0 Å². The highest BCUT2D eigenvalue weighted by Crippen LogP contribution is 2.33. The Morgan fingerprint density at radius 2 is 2.26 bits per heavy atom. The Labute approximate surface area is 112 Å². The minimum absolute atomic E-state index is 0.0415. The summed E-state index contributed by atoms with van der Waals surface area (Å²) in [6.45, 7) is 0.973. The number of phenolic OH excluding ortho intramolecular Hbond substituents is 1. The topological polar surface area (TPSA) is 78.8 Å².